The predicted molar refractivity (Wildman–Crippen MR) is 85.4 cm³/mol. The molecule has 0 bridgehead atoms. The Labute approximate surface area is 136 Å². The SMILES string of the molecule is N#C/C(=C/Nc1ccccc1F)C(=O)Nc1cccc([N+](=O)[O-])c1. The third kappa shape index (κ3) is 4.14. The number of nitro benzene ring substituents is 1. The van der Waals surface area contributed by atoms with Crippen molar-refractivity contribution in [2.24, 2.45) is 0 Å². The molecule has 2 rings (SSSR count). The summed E-state index contributed by atoms with van der Waals surface area (Å²) in [5.74, 6) is -1.31. The van der Waals surface area contributed by atoms with Crippen LogP contribution >= 0.6 is 0 Å². The van der Waals surface area contributed by atoms with Crippen LogP contribution in [0.4, 0.5) is 21.5 Å². The van der Waals surface area contributed by atoms with Crippen LogP contribution in [0.2, 0.25) is 0 Å². The predicted octanol–water partition coefficient (Wildman–Crippen LogP) is 3.19. The highest BCUT2D eigenvalue weighted by atomic mass is 19.1. The highest BCUT2D eigenvalue weighted by Crippen LogP contribution is 2.18. The number of nitro groups is 1. The molecule has 0 aromatic heterocycles. The van der Waals surface area contributed by atoms with Gasteiger partial charge in [0.2, 0.25) is 0 Å². The van der Waals surface area contributed by atoms with E-state index in [4.69, 9.17) is 5.26 Å². The van der Waals surface area contributed by atoms with Gasteiger partial charge in [0.05, 0.1) is 10.6 Å². The summed E-state index contributed by atoms with van der Waals surface area (Å²) >= 11 is 0. The molecule has 0 radical (unpaired) electrons. The second-order valence-corrected chi connectivity index (χ2v) is 4.56. The quantitative estimate of drug-likeness (QED) is 0.380. The van der Waals surface area contributed by atoms with Crippen molar-refractivity contribution in [1.29, 1.82) is 5.26 Å². The summed E-state index contributed by atoms with van der Waals surface area (Å²) in [5, 5.41) is 24.7. The molecule has 0 saturated heterocycles. The van der Waals surface area contributed by atoms with Crippen LogP contribution in [-0.2, 0) is 4.79 Å². The molecule has 0 atom stereocenters. The Morgan fingerprint density at radius 1 is 1.25 bits per heavy atom. The number of para-hydroxylation sites is 1. The van der Waals surface area contributed by atoms with Gasteiger partial charge in [-0.2, -0.15) is 5.26 Å². The molecule has 7 nitrogen and oxygen atoms in total. The van der Waals surface area contributed by atoms with Crippen LogP contribution in [0.1, 0.15) is 0 Å². The van der Waals surface area contributed by atoms with Gasteiger partial charge in [0, 0.05) is 24.0 Å². The molecule has 0 aliphatic heterocycles. The van der Waals surface area contributed by atoms with Crippen molar-refractivity contribution in [1.82, 2.24) is 0 Å². The maximum absolute atomic E-state index is 13.5. The zero-order valence-corrected chi connectivity index (χ0v) is 12.2. The van der Waals surface area contributed by atoms with Crippen molar-refractivity contribution in [3.05, 3.63) is 76.2 Å². The first-order valence-electron chi connectivity index (χ1n) is 6.68. The fourth-order valence-corrected chi connectivity index (χ4v) is 1.77. The van der Waals surface area contributed by atoms with Crippen molar-refractivity contribution < 1.29 is 14.1 Å². The number of non-ortho nitro benzene ring substituents is 1. The number of amides is 1. The van der Waals surface area contributed by atoms with E-state index < -0.39 is 16.6 Å². The van der Waals surface area contributed by atoms with Crippen LogP contribution < -0.4 is 10.6 Å². The van der Waals surface area contributed by atoms with Gasteiger partial charge in [-0.15, -0.1) is 0 Å². The van der Waals surface area contributed by atoms with E-state index in [2.05, 4.69) is 10.6 Å². The first kappa shape index (κ1) is 16.6. The van der Waals surface area contributed by atoms with E-state index in [1.54, 1.807) is 12.1 Å². The standard InChI is InChI=1S/C16H11FN4O3/c17-14-6-1-2-7-15(14)19-10-11(9-18)16(22)20-12-4-3-5-13(8-12)21(23)24/h1-8,10,19H,(H,20,22)/b11-10-. The number of nitriles is 1. The fraction of sp³-hybridized carbons (Fsp3) is 0. The van der Waals surface area contributed by atoms with E-state index in [-0.39, 0.29) is 22.6 Å². The first-order valence-corrected chi connectivity index (χ1v) is 6.68. The molecule has 8 heteroatoms. The Bertz CT molecular complexity index is 858. The van der Waals surface area contributed by atoms with Crippen molar-refractivity contribution in [3.8, 4) is 6.07 Å². The van der Waals surface area contributed by atoms with Crippen molar-refractivity contribution in [2.75, 3.05) is 10.6 Å². The van der Waals surface area contributed by atoms with Crippen LogP contribution in [-0.4, -0.2) is 10.8 Å². The van der Waals surface area contributed by atoms with Crippen molar-refractivity contribution in [2.45, 2.75) is 0 Å². The minimum Gasteiger partial charge on any atom is -0.358 e. The van der Waals surface area contributed by atoms with Crippen LogP contribution in [0.5, 0.6) is 0 Å². The Morgan fingerprint density at radius 2 is 2.00 bits per heavy atom. The average Bonchev–Trinajstić information content (AvgIpc) is 2.57. The molecule has 0 aliphatic carbocycles. The molecule has 2 aromatic carbocycles. The van der Waals surface area contributed by atoms with E-state index in [0.29, 0.717) is 0 Å². The summed E-state index contributed by atoms with van der Waals surface area (Å²) < 4.78 is 13.5. The summed E-state index contributed by atoms with van der Waals surface area (Å²) in [6.07, 6.45) is 1.06. The summed E-state index contributed by atoms with van der Waals surface area (Å²) in [5.41, 5.74) is -0.237. The highest BCUT2D eigenvalue weighted by Gasteiger charge is 2.12. The Balaban J connectivity index is 2.13. The van der Waals surface area contributed by atoms with Gasteiger partial charge in [-0.05, 0) is 18.2 Å². The average molecular weight is 326 g/mol. The summed E-state index contributed by atoms with van der Waals surface area (Å²) in [6.45, 7) is 0. The Hall–Kier alpha value is -3.73. The molecule has 0 spiro atoms. The third-order valence-electron chi connectivity index (χ3n) is 2.93. The molecular weight excluding hydrogens is 315 g/mol. The largest absolute Gasteiger partial charge is 0.358 e. The number of hydrogen-bond acceptors (Lipinski definition) is 5. The molecule has 120 valence electrons. The van der Waals surface area contributed by atoms with Gasteiger partial charge in [-0.1, -0.05) is 18.2 Å². The minimum atomic E-state index is -0.776. The number of anilines is 2. The summed E-state index contributed by atoms with van der Waals surface area (Å²) in [6, 6.07) is 12.7. The van der Waals surface area contributed by atoms with E-state index in [1.165, 1.54) is 36.4 Å². The molecular formula is C16H11FN4O3. The first-order chi connectivity index (χ1) is 11.5. The molecule has 2 aromatic rings. The molecule has 0 aliphatic rings. The molecule has 0 unspecified atom stereocenters. The zero-order chi connectivity index (χ0) is 17.5. The van der Waals surface area contributed by atoms with Gasteiger partial charge in [0.15, 0.2) is 0 Å². The fourth-order valence-electron chi connectivity index (χ4n) is 1.77. The summed E-state index contributed by atoms with van der Waals surface area (Å²) in [4.78, 5) is 22.1. The Kier molecular flexibility index (Phi) is 5.20. The van der Waals surface area contributed by atoms with E-state index in [9.17, 15) is 19.3 Å². The number of nitrogens with zero attached hydrogens (tertiary/aromatic N) is 2. The monoisotopic (exact) mass is 326 g/mol. The molecule has 0 fully saturated rings. The maximum Gasteiger partial charge on any atom is 0.271 e. The summed E-state index contributed by atoms with van der Waals surface area (Å²) in [7, 11) is 0. The number of carbonyl (C=O) groups is 1. The van der Waals surface area contributed by atoms with Gasteiger partial charge in [0.25, 0.3) is 11.6 Å². The lowest BCUT2D eigenvalue weighted by atomic mass is 10.2. The minimum absolute atomic E-state index is 0.105. The van der Waals surface area contributed by atoms with Crippen LogP contribution in [0.25, 0.3) is 0 Å². The normalized spacial score (nSPS) is 10.6. The number of benzene rings is 2. The molecule has 1 amide bonds. The zero-order valence-electron chi connectivity index (χ0n) is 12.2. The third-order valence-corrected chi connectivity index (χ3v) is 2.93. The van der Waals surface area contributed by atoms with Gasteiger partial charge in [-0.25, -0.2) is 4.39 Å². The number of halogens is 1. The number of nitrogens with one attached hydrogen (secondary N) is 2. The van der Waals surface area contributed by atoms with Crippen LogP contribution in [0.15, 0.2) is 60.3 Å². The van der Waals surface area contributed by atoms with Gasteiger partial charge >= 0.3 is 0 Å². The molecule has 24 heavy (non-hydrogen) atoms. The topological polar surface area (TPSA) is 108 Å². The lowest BCUT2D eigenvalue weighted by Crippen LogP contribution is -2.14. The lowest BCUT2D eigenvalue weighted by molar-refractivity contribution is -0.384. The highest BCUT2D eigenvalue weighted by molar-refractivity contribution is 6.06. The number of hydrogen-bond donors (Lipinski definition) is 2. The Morgan fingerprint density at radius 3 is 2.67 bits per heavy atom. The second kappa shape index (κ2) is 7.51. The number of rotatable bonds is 5. The molecule has 0 heterocycles. The van der Waals surface area contributed by atoms with Crippen LogP contribution in [0, 0.1) is 27.3 Å². The smallest absolute Gasteiger partial charge is 0.271 e. The van der Waals surface area contributed by atoms with Gasteiger partial charge in [0.1, 0.15) is 17.5 Å². The van der Waals surface area contributed by atoms with Crippen LogP contribution in [0.3, 0.4) is 0 Å². The van der Waals surface area contributed by atoms with E-state index in [0.717, 1.165) is 12.3 Å². The van der Waals surface area contributed by atoms with Gasteiger partial charge in [-0.3, -0.25) is 14.9 Å². The second-order valence-electron chi connectivity index (χ2n) is 4.56. The van der Waals surface area contributed by atoms with Gasteiger partial charge < -0.3 is 10.6 Å². The van der Waals surface area contributed by atoms with E-state index >= 15 is 0 Å². The molecule has 0 saturated carbocycles. The number of carbonyl (C=O) groups excluding carboxylic acids is 1. The lowest BCUT2D eigenvalue weighted by Gasteiger charge is -2.05. The molecule has 2 N–H and O–H groups in total. The van der Waals surface area contributed by atoms with Crippen molar-refractivity contribution >= 4 is 23.0 Å². The van der Waals surface area contributed by atoms with E-state index in [1.807, 2.05) is 0 Å². The maximum atomic E-state index is 13.5. The van der Waals surface area contributed by atoms with Crippen molar-refractivity contribution in [3.63, 3.8) is 0 Å².